The van der Waals surface area contributed by atoms with E-state index in [2.05, 4.69) is 0 Å². The van der Waals surface area contributed by atoms with E-state index < -0.39 is 54.6 Å². The minimum absolute atomic E-state index is 0.287. The fraction of sp³-hybridized carbons (Fsp3) is 0.560. The topological polar surface area (TPSA) is 159 Å². The normalized spacial score (nSPS) is 26.6. The molecule has 0 bridgehead atoms. The maximum absolute atomic E-state index is 11.4. The Morgan fingerprint density at radius 3 is 2.57 bits per heavy atom. The van der Waals surface area contributed by atoms with E-state index in [0.29, 0.717) is 24.2 Å². The summed E-state index contributed by atoms with van der Waals surface area (Å²) in [5, 5.41) is 50.8. The van der Waals surface area contributed by atoms with Crippen molar-refractivity contribution in [2.45, 2.75) is 76.0 Å². The molecule has 3 rings (SSSR count). The van der Waals surface area contributed by atoms with E-state index in [4.69, 9.17) is 18.6 Å². The zero-order valence-electron chi connectivity index (χ0n) is 20.0. The summed E-state index contributed by atoms with van der Waals surface area (Å²) in [6.07, 6.45) is -5.17. The second-order valence-electron chi connectivity index (χ2n) is 9.29. The van der Waals surface area contributed by atoms with Gasteiger partial charge >= 0.3 is 5.63 Å². The van der Waals surface area contributed by atoms with Crippen LogP contribution in [0.4, 0.5) is 0 Å². The number of allylic oxidation sites excluding steroid dienone is 1. The molecule has 0 saturated carbocycles. The van der Waals surface area contributed by atoms with Gasteiger partial charge in [-0.05, 0) is 57.9 Å². The lowest BCUT2D eigenvalue weighted by Crippen LogP contribution is -2.61. The van der Waals surface area contributed by atoms with E-state index in [-0.39, 0.29) is 6.61 Å². The SMILES string of the molecule is C/C(=C\COc1ccc2ccc(=O)oc2c1)CC[C@H](O)C(C)(C)O[C@@H]1O[C@H](CO)[C@@H](O)[C@H](O)[C@H]1O. The van der Waals surface area contributed by atoms with Crippen molar-refractivity contribution in [3.8, 4) is 5.75 Å². The van der Waals surface area contributed by atoms with E-state index in [1.165, 1.54) is 6.07 Å². The fourth-order valence-electron chi connectivity index (χ4n) is 3.77. The molecule has 1 saturated heterocycles. The standard InChI is InChI=1S/C25H34O10/c1-14(10-11-32-16-7-5-15-6-9-20(28)33-17(15)12-16)4-8-19(27)25(2,3)35-24-23(31)22(30)21(29)18(13-26)34-24/h5-7,9-10,12,18-19,21-24,26-27,29-31H,4,8,11,13H2,1-3H3/b14-10+/t18-,19+,21-,22+,23-,24+/m1/s1. The van der Waals surface area contributed by atoms with Gasteiger partial charge in [0.15, 0.2) is 6.29 Å². The van der Waals surface area contributed by atoms with Gasteiger partial charge in [-0.1, -0.05) is 5.57 Å². The van der Waals surface area contributed by atoms with Crippen LogP contribution in [0.25, 0.3) is 11.0 Å². The molecule has 5 N–H and O–H groups in total. The van der Waals surface area contributed by atoms with Crippen LogP contribution in [0.1, 0.15) is 33.6 Å². The van der Waals surface area contributed by atoms with Crippen molar-refractivity contribution in [3.05, 3.63) is 52.4 Å². The number of hydrogen-bond donors (Lipinski definition) is 5. The van der Waals surface area contributed by atoms with E-state index in [9.17, 15) is 30.3 Å². The summed E-state index contributed by atoms with van der Waals surface area (Å²) in [6, 6.07) is 8.29. The summed E-state index contributed by atoms with van der Waals surface area (Å²) in [7, 11) is 0. The zero-order valence-corrected chi connectivity index (χ0v) is 20.0. The average Bonchev–Trinajstić information content (AvgIpc) is 2.82. The maximum atomic E-state index is 11.4. The van der Waals surface area contributed by atoms with Gasteiger partial charge < -0.3 is 44.2 Å². The first-order chi connectivity index (χ1) is 16.5. The van der Waals surface area contributed by atoms with E-state index >= 15 is 0 Å². The highest BCUT2D eigenvalue weighted by Crippen LogP contribution is 2.29. The van der Waals surface area contributed by atoms with Crippen molar-refractivity contribution < 1.29 is 44.2 Å². The molecule has 194 valence electrons. The number of fused-ring (bicyclic) bond motifs is 1. The molecule has 0 radical (unpaired) electrons. The first-order valence-electron chi connectivity index (χ1n) is 11.5. The van der Waals surface area contributed by atoms with Gasteiger partial charge in [0, 0.05) is 17.5 Å². The molecule has 10 heteroatoms. The summed E-state index contributed by atoms with van der Waals surface area (Å²) in [6.45, 7) is 4.88. The lowest BCUT2D eigenvalue weighted by molar-refractivity contribution is -0.331. The van der Waals surface area contributed by atoms with Crippen LogP contribution in [0.15, 0.2) is 51.2 Å². The second kappa shape index (κ2) is 11.6. The maximum Gasteiger partial charge on any atom is 0.336 e. The molecule has 0 unspecified atom stereocenters. The Kier molecular flexibility index (Phi) is 9.05. The summed E-state index contributed by atoms with van der Waals surface area (Å²) in [4.78, 5) is 11.4. The van der Waals surface area contributed by atoms with Gasteiger partial charge in [-0.25, -0.2) is 4.79 Å². The van der Waals surface area contributed by atoms with Crippen LogP contribution in [-0.2, 0) is 9.47 Å². The first-order valence-corrected chi connectivity index (χ1v) is 11.5. The molecule has 1 fully saturated rings. The van der Waals surface area contributed by atoms with Gasteiger partial charge in [-0.3, -0.25) is 0 Å². The van der Waals surface area contributed by atoms with Gasteiger partial charge in [0.25, 0.3) is 0 Å². The Hall–Kier alpha value is -2.31. The van der Waals surface area contributed by atoms with Crippen molar-refractivity contribution in [2.24, 2.45) is 0 Å². The molecule has 1 aromatic heterocycles. The number of aliphatic hydroxyl groups is 5. The first kappa shape index (κ1) is 27.3. The molecule has 10 nitrogen and oxygen atoms in total. The smallest absolute Gasteiger partial charge is 0.336 e. The predicted molar refractivity (Wildman–Crippen MR) is 126 cm³/mol. The Balaban J connectivity index is 1.50. The fourth-order valence-corrected chi connectivity index (χ4v) is 3.77. The van der Waals surface area contributed by atoms with E-state index in [1.807, 2.05) is 13.0 Å². The lowest BCUT2D eigenvalue weighted by atomic mass is 9.94. The van der Waals surface area contributed by atoms with Crippen molar-refractivity contribution in [1.82, 2.24) is 0 Å². The van der Waals surface area contributed by atoms with Crippen LogP contribution in [0.5, 0.6) is 5.75 Å². The summed E-state index contributed by atoms with van der Waals surface area (Å²) >= 11 is 0. The molecule has 1 aromatic carbocycles. The third-order valence-electron chi connectivity index (χ3n) is 6.16. The number of ether oxygens (including phenoxy) is 3. The molecule has 0 aliphatic carbocycles. The van der Waals surface area contributed by atoms with Crippen LogP contribution in [-0.4, -0.2) is 81.2 Å². The number of benzene rings is 1. The molecule has 2 aromatic rings. The summed E-state index contributed by atoms with van der Waals surface area (Å²) < 4.78 is 22.0. The van der Waals surface area contributed by atoms with E-state index in [0.717, 1.165) is 11.0 Å². The molecule has 2 heterocycles. The largest absolute Gasteiger partial charge is 0.489 e. The van der Waals surface area contributed by atoms with Gasteiger partial charge in [0.1, 0.15) is 42.4 Å². The second-order valence-corrected chi connectivity index (χ2v) is 9.29. The Morgan fingerprint density at radius 2 is 1.86 bits per heavy atom. The number of aliphatic hydroxyl groups excluding tert-OH is 5. The molecule has 35 heavy (non-hydrogen) atoms. The quantitative estimate of drug-likeness (QED) is 0.237. The zero-order chi connectivity index (χ0) is 25.8. The number of hydrogen-bond acceptors (Lipinski definition) is 10. The van der Waals surface area contributed by atoms with Crippen molar-refractivity contribution in [3.63, 3.8) is 0 Å². The Labute approximate surface area is 203 Å². The van der Waals surface area contributed by atoms with E-state index in [1.54, 1.807) is 38.1 Å². The Bertz CT molecular complexity index is 1060. The third-order valence-corrected chi connectivity index (χ3v) is 6.16. The third kappa shape index (κ3) is 6.89. The molecule has 1 aliphatic heterocycles. The predicted octanol–water partition coefficient (Wildman–Crippen LogP) is 0.854. The summed E-state index contributed by atoms with van der Waals surface area (Å²) in [5.41, 5.74) is -0.165. The highest BCUT2D eigenvalue weighted by molar-refractivity contribution is 5.77. The summed E-state index contributed by atoms with van der Waals surface area (Å²) in [5.74, 6) is 0.560. The van der Waals surface area contributed by atoms with Gasteiger partial charge in [0.05, 0.1) is 18.3 Å². The van der Waals surface area contributed by atoms with Gasteiger partial charge in [-0.15, -0.1) is 0 Å². The van der Waals surface area contributed by atoms with Crippen molar-refractivity contribution >= 4 is 11.0 Å². The number of rotatable bonds is 10. The van der Waals surface area contributed by atoms with Gasteiger partial charge in [-0.2, -0.15) is 0 Å². The molecule has 1 aliphatic rings. The van der Waals surface area contributed by atoms with Gasteiger partial charge in [0.2, 0.25) is 0 Å². The Morgan fingerprint density at radius 1 is 1.14 bits per heavy atom. The van der Waals surface area contributed by atoms with Crippen molar-refractivity contribution in [1.29, 1.82) is 0 Å². The molecule has 0 spiro atoms. The molecule has 0 amide bonds. The van der Waals surface area contributed by atoms with Crippen molar-refractivity contribution in [2.75, 3.05) is 13.2 Å². The van der Waals surface area contributed by atoms with Crippen LogP contribution in [0.3, 0.4) is 0 Å². The highest BCUT2D eigenvalue weighted by Gasteiger charge is 2.46. The van der Waals surface area contributed by atoms with Crippen LogP contribution < -0.4 is 10.4 Å². The highest BCUT2D eigenvalue weighted by atomic mass is 16.7. The average molecular weight is 495 g/mol. The van der Waals surface area contributed by atoms with Crippen LogP contribution in [0.2, 0.25) is 0 Å². The molecular weight excluding hydrogens is 460 g/mol. The molecular formula is C25H34O10. The molecule has 6 atom stereocenters. The monoisotopic (exact) mass is 494 g/mol. The minimum Gasteiger partial charge on any atom is -0.489 e. The minimum atomic E-state index is -1.55. The lowest BCUT2D eigenvalue weighted by Gasteiger charge is -2.43. The van der Waals surface area contributed by atoms with Crippen LogP contribution in [0, 0.1) is 0 Å². The van der Waals surface area contributed by atoms with Crippen LogP contribution >= 0.6 is 0 Å².